The van der Waals surface area contributed by atoms with Crippen molar-refractivity contribution in [3.63, 3.8) is 0 Å². The van der Waals surface area contributed by atoms with Gasteiger partial charge in [0.15, 0.2) is 0 Å². The maximum absolute atomic E-state index is 11.9. The molecule has 1 heterocycles. The van der Waals surface area contributed by atoms with Gasteiger partial charge in [-0.1, -0.05) is 6.92 Å². The van der Waals surface area contributed by atoms with Crippen molar-refractivity contribution in [1.82, 2.24) is 4.90 Å². The first-order valence-corrected chi connectivity index (χ1v) is 5.61. The number of hydrogen-bond donors (Lipinski definition) is 1. The van der Waals surface area contributed by atoms with Gasteiger partial charge in [0.1, 0.15) is 5.54 Å². The molecular formula is C11H19NO4. The third kappa shape index (κ3) is 2.19. The Morgan fingerprint density at radius 1 is 1.50 bits per heavy atom. The normalized spacial score (nSPS) is 24.8. The van der Waals surface area contributed by atoms with E-state index < -0.39 is 11.5 Å². The minimum atomic E-state index is -0.981. The van der Waals surface area contributed by atoms with Gasteiger partial charge in [-0.25, -0.2) is 4.79 Å². The number of rotatable bonds is 5. The number of carbonyl (C=O) groups is 2. The Labute approximate surface area is 95.4 Å². The molecule has 0 aromatic rings. The van der Waals surface area contributed by atoms with Crippen LogP contribution in [0.4, 0.5) is 0 Å². The molecule has 0 bridgehead atoms. The zero-order valence-corrected chi connectivity index (χ0v) is 9.86. The monoisotopic (exact) mass is 229 g/mol. The predicted molar refractivity (Wildman–Crippen MR) is 58.1 cm³/mol. The van der Waals surface area contributed by atoms with Crippen LogP contribution in [0, 0.1) is 0 Å². The van der Waals surface area contributed by atoms with Crippen LogP contribution in [0.3, 0.4) is 0 Å². The van der Waals surface area contributed by atoms with Gasteiger partial charge in [-0.05, 0) is 19.3 Å². The smallest absolute Gasteiger partial charge is 0.329 e. The zero-order chi connectivity index (χ0) is 12.2. The molecule has 1 fully saturated rings. The van der Waals surface area contributed by atoms with Gasteiger partial charge in [0.2, 0.25) is 5.91 Å². The lowest BCUT2D eigenvalue weighted by Crippen LogP contribution is -2.52. The number of carboxylic acid groups (broad SMARTS) is 1. The lowest BCUT2D eigenvalue weighted by molar-refractivity contribution is -0.157. The summed E-state index contributed by atoms with van der Waals surface area (Å²) in [5.41, 5.74) is -0.981. The summed E-state index contributed by atoms with van der Waals surface area (Å²) in [6.45, 7) is 2.70. The maximum Gasteiger partial charge on any atom is 0.329 e. The second-order valence-corrected chi connectivity index (χ2v) is 4.08. The molecule has 1 amide bonds. The van der Waals surface area contributed by atoms with E-state index in [0.717, 1.165) is 6.42 Å². The molecule has 0 aliphatic carbocycles. The van der Waals surface area contributed by atoms with Crippen LogP contribution in [0.2, 0.25) is 0 Å². The van der Waals surface area contributed by atoms with Crippen LogP contribution >= 0.6 is 0 Å². The van der Waals surface area contributed by atoms with Crippen LogP contribution in [0.5, 0.6) is 0 Å². The van der Waals surface area contributed by atoms with Gasteiger partial charge in [-0.2, -0.15) is 0 Å². The van der Waals surface area contributed by atoms with Gasteiger partial charge >= 0.3 is 5.97 Å². The topological polar surface area (TPSA) is 66.8 Å². The molecule has 92 valence electrons. The van der Waals surface area contributed by atoms with Crippen molar-refractivity contribution >= 4 is 11.9 Å². The van der Waals surface area contributed by atoms with Gasteiger partial charge in [0.25, 0.3) is 0 Å². The van der Waals surface area contributed by atoms with Crippen LogP contribution in [-0.4, -0.2) is 47.7 Å². The largest absolute Gasteiger partial charge is 0.479 e. The summed E-state index contributed by atoms with van der Waals surface area (Å²) in [5, 5.41) is 9.28. The molecule has 5 nitrogen and oxygen atoms in total. The molecule has 1 unspecified atom stereocenters. The lowest BCUT2D eigenvalue weighted by atomic mass is 9.93. The Bertz CT molecular complexity index is 279. The van der Waals surface area contributed by atoms with Crippen LogP contribution in [0.25, 0.3) is 0 Å². The summed E-state index contributed by atoms with van der Waals surface area (Å²) in [6, 6.07) is 0. The van der Waals surface area contributed by atoms with Gasteiger partial charge < -0.3 is 14.7 Å². The number of nitrogens with zero attached hydrogens (tertiary/aromatic N) is 1. The Morgan fingerprint density at radius 3 is 2.69 bits per heavy atom. The van der Waals surface area contributed by atoms with E-state index in [-0.39, 0.29) is 12.3 Å². The number of methoxy groups -OCH3 is 1. The highest BCUT2D eigenvalue weighted by atomic mass is 16.5. The summed E-state index contributed by atoms with van der Waals surface area (Å²) in [4.78, 5) is 24.7. The van der Waals surface area contributed by atoms with Crippen molar-refractivity contribution in [3.05, 3.63) is 0 Å². The first-order chi connectivity index (χ1) is 7.58. The minimum absolute atomic E-state index is 0.122. The van der Waals surface area contributed by atoms with Crippen molar-refractivity contribution in [2.45, 2.75) is 38.1 Å². The summed E-state index contributed by atoms with van der Waals surface area (Å²) < 4.78 is 4.84. The molecule has 0 aromatic heterocycles. The van der Waals surface area contributed by atoms with Gasteiger partial charge in [0.05, 0.1) is 13.0 Å². The number of carboxylic acids is 1. The van der Waals surface area contributed by atoms with Crippen molar-refractivity contribution in [2.24, 2.45) is 0 Å². The molecule has 1 aliphatic rings. The highest BCUT2D eigenvalue weighted by molar-refractivity contribution is 5.87. The Kier molecular flexibility index (Phi) is 4.29. The highest BCUT2D eigenvalue weighted by Gasteiger charge is 2.48. The van der Waals surface area contributed by atoms with E-state index in [0.29, 0.717) is 26.0 Å². The third-order valence-corrected chi connectivity index (χ3v) is 3.29. The first-order valence-electron chi connectivity index (χ1n) is 5.61. The fourth-order valence-corrected chi connectivity index (χ4v) is 2.31. The Hall–Kier alpha value is -1.10. The van der Waals surface area contributed by atoms with Gasteiger partial charge in [-0.3, -0.25) is 4.79 Å². The fraction of sp³-hybridized carbons (Fsp3) is 0.818. The van der Waals surface area contributed by atoms with Crippen molar-refractivity contribution in [3.8, 4) is 0 Å². The molecule has 16 heavy (non-hydrogen) atoms. The molecule has 1 saturated heterocycles. The molecule has 0 aromatic carbocycles. The summed E-state index contributed by atoms with van der Waals surface area (Å²) in [5.74, 6) is -1.01. The average molecular weight is 229 g/mol. The van der Waals surface area contributed by atoms with Crippen LogP contribution in [0.15, 0.2) is 0 Å². The van der Waals surface area contributed by atoms with E-state index in [9.17, 15) is 14.7 Å². The fourth-order valence-electron chi connectivity index (χ4n) is 2.31. The van der Waals surface area contributed by atoms with Gasteiger partial charge in [-0.15, -0.1) is 0 Å². The molecule has 1 atom stereocenters. The van der Waals surface area contributed by atoms with Crippen LogP contribution in [-0.2, 0) is 14.3 Å². The van der Waals surface area contributed by atoms with E-state index in [1.807, 2.05) is 6.92 Å². The number of ether oxygens (including phenoxy) is 1. The summed E-state index contributed by atoms with van der Waals surface area (Å²) in [6.07, 6.45) is 2.03. The Morgan fingerprint density at radius 2 is 2.19 bits per heavy atom. The maximum atomic E-state index is 11.9. The molecule has 1 aliphatic heterocycles. The lowest BCUT2D eigenvalue weighted by Gasteiger charge is -2.33. The van der Waals surface area contributed by atoms with E-state index in [1.54, 1.807) is 0 Å². The molecule has 0 radical (unpaired) electrons. The number of likely N-dealkylation sites (tertiary alicyclic amines) is 1. The van der Waals surface area contributed by atoms with E-state index in [4.69, 9.17) is 4.74 Å². The minimum Gasteiger partial charge on any atom is -0.479 e. The Balaban J connectivity index is 2.77. The number of hydrogen-bond acceptors (Lipinski definition) is 3. The van der Waals surface area contributed by atoms with Crippen LogP contribution < -0.4 is 0 Å². The molecular weight excluding hydrogens is 210 g/mol. The average Bonchev–Trinajstić information content (AvgIpc) is 2.70. The molecule has 1 N–H and O–H groups in total. The summed E-state index contributed by atoms with van der Waals surface area (Å²) >= 11 is 0. The van der Waals surface area contributed by atoms with Crippen molar-refractivity contribution < 1.29 is 19.4 Å². The standard InChI is InChI=1S/C11H19NO4/c1-3-11(10(14)15)6-4-7-12(11)9(13)5-8-16-2/h3-8H2,1-2H3,(H,14,15). The predicted octanol–water partition coefficient (Wildman–Crippen LogP) is 0.879. The second kappa shape index (κ2) is 5.30. The van der Waals surface area contributed by atoms with E-state index in [2.05, 4.69) is 0 Å². The van der Waals surface area contributed by atoms with Crippen LogP contribution in [0.1, 0.15) is 32.6 Å². The van der Waals surface area contributed by atoms with Crippen molar-refractivity contribution in [2.75, 3.05) is 20.3 Å². The quantitative estimate of drug-likeness (QED) is 0.760. The van der Waals surface area contributed by atoms with E-state index in [1.165, 1.54) is 12.0 Å². The molecule has 0 spiro atoms. The zero-order valence-electron chi connectivity index (χ0n) is 9.86. The number of aliphatic carboxylic acids is 1. The molecule has 5 heteroatoms. The van der Waals surface area contributed by atoms with Gasteiger partial charge in [0, 0.05) is 13.7 Å². The highest BCUT2D eigenvalue weighted by Crippen LogP contribution is 2.33. The van der Waals surface area contributed by atoms with E-state index >= 15 is 0 Å². The number of amides is 1. The number of carbonyl (C=O) groups excluding carboxylic acids is 1. The SMILES string of the molecule is CCC1(C(=O)O)CCCN1C(=O)CCOC. The molecule has 0 saturated carbocycles. The molecule has 1 rings (SSSR count). The second-order valence-electron chi connectivity index (χ2n) is 4.08. The third-order valence-electron chi connectivity index (χ3n) is 3.29. The van der Waals surface area contributed by atoms with Crippen molar-refractivity contribution in [1.29, 1.82) is 0 Å². The first kappa shape index (κ1) is 13.0. The summed E-state index contributed by atoms with van der Waals surface area (Å²) in [7, 11) is 1.53.